The second kappa shape index (κ2) is 5.45. The lowest BCUT2D eigenvalue weighted by Crippen LogP contribution is -2.68. The maximum absolute atomic E-state index is 13.4. The lowest BCUT2D eigenvalue weighted by atomic mass is 9.87. The molecule has 2 atom stereocenters. The van der Waals surface area contributed by atoms with Crippen LogP contribution in [0.5, 0.6) is 0 Å². The number of nitrogens with zero attached hydrogens (tertiary/aromatic N) is 6. The number of rotatable bonds is 3. The zero-order valence-corrected chi connectivity index (χ0v) is 13.4. The minimum atomic E-state index is -0.797. The van der Waals surface area contributed by atoms with Crippen LogP contribution in [-0.4, -0.2) is 49.9 Å². The van der Waals surface area contributed by atoms with Crippen molar-refractivity contribution in [2.24, 2.45) is 0 Å². The molecule has 2 aromatic heterocycles. The van der Waals surface area contributed by atoms with E-state index in [1.165, 1.54) is 12.1 Å². The lowest BCUT2D eigenvalue weighted by Gasteiger charge is -2.56. The van der Waals surface area contributed by atoms with Crippen molar-refractivity contribution in [1.82, 2.24) is 24.7 Å². The van der Waals surface area contributed by atoms with Crippen LogP contribution >= 0.6 is 0 Å². The van der Waals surface area contributed by atoms with Crippen LogP contribution in [0.25, 0.3) is 5.65 Å². The van der Waals surface area contributed by atoms with Crippen LogP contribution in [0.3, 0.4) is 0 Å². The van der Waals surface area contributed by atoms with Gasteiger partial charge in [-0.3, -0.25) is 4.90 Å². The second-order valence-corrected chi connectivity index (χ2v) is 6.69. The zero-order valence-electron chi connectivity index (χ0n) is 13.4. The molecule has 2 unspecified atom stereocenters. The van der Waals surface area contributed by atoms with Crippen LogP contribution in [0.4, 0.5) is 14.6 Å². The highest BCUT2D eigenvalue weighted by molar-refractivity contribution is 5.46. The third-order valence-corrected chi connectivity index (χ3v) is 5.17. The molecule has 0 amide bonds. The Morgan fingerprint density at radius 2 is 1.88 bits per heavy atom. The van der Waals surface area contributed by atoms with Gasteiger partial charge in [0.25, 0.3) is 0 Å². The standard InChI is InChI=1S/C17H16F2N6/c18-14-2-1-11(5-15(14)19)7-24-12-6-13(24)9-23(8-12)17-4-3-16-21-20-10-25(16)22-17/h1-5,10,12-13H,6-9H2. The molecule has 3 aliphatic heterocycles. The van der Waals surface area contributed by atoms with E-state index >= 15 is 0 Å². The van der Waals surface area contributed by atoms with Crippen molar-refractivity contribution in [1.29, 1.82) is 0 Å². The summed E-state index contributed by atoms with van der Waals surface area (Å²) in [5.74, 6) is -0.667. The number of hydrogen-bond acceptors (Lipinski definition) is 5. The maximum Gasteiger partial charge on any atom is 0.177 e. The average Bonchev–Trinajstić information content (AvgIpc) is 3.10. The normalized spacial score (nSPS) is 23.0. The summed E-state index contributed by atoms with van der Waals surface area (Å²) in [6.07, 6.45) is 2.73. The van der Waals surface area contributed by atoms with Crippen molar-refractivity contribution >= 4 is 11.5 Å². The third kappa shape index (κ3) is 2.44. The van der Waals surface area contributed by atoms with Gasteiger partial charge in [0.1, 0.15) is 12.1 Å². The molecule has 6 rings (SSSR count). The fourth-order valence-electron chi connectivity index (χ4n) is 3.87. The van der Waals surface area contributed by atoms with Gasteiger partial charge in [0, 0.05) is 31.7 Å². The highest BCUT2D eigenvalue weighted by atomic mass is 19.2. The van der Waals surface area contributed by atoms with Crippen LogP contribution in [0, 0.1) is 11.6 Å². The van der Waals surface area contributed by atoms with E-state index in [1.54, 1.807) is 16.9 Å². The SMILES string of the molecule is Fc1ccc(CN2C3CC2CN(c2ccc4nncn4n2)C3)cc1F. The summed E-state index contributed by atoms with van der Waals surface area (Å²) in [6, 6.07) is 8.85. The number of aromatic nitrogens is 4. The summed E-state index contributed by atoms with van der Waals surface area (Å²) in [7, 11) is 0. The molecule has 3 aromatic rings. The Kier molecular flexibility index (Phi) is 3.21. The number of benzene rings is 1. The number of piperazine rings is 1. The molecule has 1 aromatic carbocycles. The predicted molar refractivity (Wildman–Crippen MR) is 87.1 cm³/mol. The molecule has 6 nitrogen and oxygen atoms in total. The van der Waals surface area contributed by atoms with Gasteiger partial charge in [-0.2, -0.15) is 4.52 Å². The molecule has 0 aliphatic carbocycles. The minimum absolute atomic E-state index is 0.408. The van der Waals surface area contributed by atoms with E-state index in [9.17, 15) is 8.78 Å². The Morgan fingerprint density at radius 3 is 2.68 bits per heavy atom. The van der Waals surface area contributed by atoms with Crippen LogP contribution in [0.15, 0.2) is 36.7 Å². The fourth-order valence-corrected chi connectivity index (χ4v) is 3.87. The minimum Gasteiger partial charge on any atom is -0.352 e. The number of halogens is 2. The third-order valence-electron chi connectivity index (χ3n) is 5.17. The Labute approximate surface area is 142 Å². The van der Waals surface area contributed by atoms with E-state index in [4.69, 9.17) is 0 Å². The number of fused-ring (bicyclic) bond motifs is 3. The largest absolute Gasteiger partial charge is 0.352 e. The van der Waals surface area contributed by atoms with E-state index in [2.05, 4.69) is 25.1 Å². The van der Waals surface area contributed by atoms with E-state index in [0.717, 1.165) is 36.5 Å². The summed E-state index contributed by atoms with van der Waals surface area (Å²) < 4.78 is 28.2. The van der Waals surface area contributed by atoms with Crippen LogP contribution < -0.4 is 4.90 Å². The van der Waals surface area contributed by atoms with Crippen molar-refractivity contribution in [3.63, 3.8) is 0 Å². The first-order valence-corrected chi connectivity index (χ1v) is 8.29. The predicted octanol–water partition coefficient (Wildman–Crippen LogP) is 1.87. The van der Waals surface area contributed by atoms with Gasteiger partial charge in [0.2, 0.25) is 0 Å². The zero-order chi connectivity index (χ0) is 17.0. The molecule has 3 fully saturated rings. The molecule has 3 saturated heterocycles. The van der Waals surface area contributed by atoms with E-state index < -0.39 is 11.6 Å². The molecule has 3 aliphatic rings. The molecule has 0 radical (unpaired) electrons. The molecule has 25 heavy (non-hydrogen) atoms. The summed E-state index contributed by atoms with van der Waals surface area (Å²) in [5, 5.41) is 12.4. The van der Waals surface area contributed by atoms with Crippen LogP contribution in [-0.2, 0) is 6.54 Å². The van der Waals surface area contributed by atoms with Gasteiger partial charge in [-0.15, -0.1) is 15.3 Å². The van der Waals surface area contributed by atoms with E-state index in [-0.39, 0.29) is 0 Å². The van der Waals surface area contributed by atoms with E-state index in [0.29, 0.717) is 18.6 Å². The van der Waals surface area contributed by atoms with Crippen molar-refractivity contribution in [3.05, 3.63) is 53.9 Å². The lowest BCUT2D eigenvalue weighted by molar-refractivity contribution is -0.00882. The Morgan fingerprint density at radius 1 is 1.04 bits per heavy atom. The van der Waals surface area contributed by atoms with Gasteiger partial charge in [0.15, 0.2) is 17.3 Å². The smallest absolute Gasteiger partial charge is 0.177 e. The Hall–Kier alpha value is -2.61. The highest BCUT2D eigenvalue weighted by Crippen LogP contribution is 2.35. The van der Waals surface area contributed by atoms with Crippen molar-refractivity contribution in [2.45, 2.75) is 25.0 Å². The van der Waals surface area contributed by atoms with E-state index in [1.807, 2.05) is 12.1 Å². The second-order valence-electron chi connectivity index (χ2n) is 6.69. The molecule has 8 heteroatoms. The molecular weight excluding hydrogens is 326 g/mol. The molecule has 0 N–H and O–H groups in total. The highest BCUT2D eigenvalue weighted by Gasteiger charge is 2.44. The molecule has 5 heterocycles. The Balaban J connectivity index is 1.30. The molecule has 0 spiro atoms. The Bertz CT molecular complexity index is 930. The summed E-state index contributed by atoms with van der Waals surface area (Å²) >= 11 is 0. The van der Waals surface area contributed by atoms with Crippen molar-refractivity contribution < 1.29 is 8.78 Å². The van der Waals surface area contributed by atoms with Gasteiger partial charge in [-0.1, -0.05) is 6.07 Å². The molecular formula is C17H16F2N6. The van der Waals surface area contributed by atoms with Crippen LogP contribution in [0.2, 0.25) is 0 Å². The maximum atomic E-state index is 13.4. The first kappa shape index (κ1) is 14.7. The van der Waals surface area contributed by atoms with Crippen LogP contribution in [0.1, 0.15) is 12.0 Å². The topological polar surface area (TPSA) is 49.6 Å². The van der Waals surface area contributed by atoms with Gasteiger partial charge in [-0.25, -0.2) is 8.78 Å². The van der Waals surface area contributed by atoms with Gasteiger partial charge < -0.3 is 4.90 Å². The van der Waals surface area contributed by atoms with Gasteiger partial charge in [0.05, 0.1) is 0 Å². The molecule has 2 bridgehead atoms. The molecule has 128 valence electrons. The first-order chi connectivity index (χ1) is 12.2. The number of anilines is 1. The average molecular weight is 342 g/mol. The fraction of sp³-hybridized carbons (Fsp3) is 0.353. The number of hydrogen-bond donors (Lipinski definition) is 0. The van der Waals surface area contributed by atoms with Gasteiger partial charge in [-0.05, 0) is 36.2 Å². The summed E-state index contributed by atoms with van der Waals surface area (Å²) in [5.41, 5.74) is 1.54. The first-order valence-electron chi connectivity index (χ1n) is 8.29. The number of piperidine rings is 1. The summed E-state index contributed by atoms with van der Waals surface area (Å²) in [6.45, 7) is 2.40. The van der Waals surface area contributed by atoms with Crippen molar-refractivity contribution in [3.8, 4) is 0 Å². The van der Waals surface area contributed by atoms with Gasteiger partial charge >= 0.3 is 0 Å². The summed E-state index contributed by atoms with van der Waals surface area (Å²) in [4.78, 5) is 4.63. The molecule has 0 saturated carbocycles. The van der Waals surface area contributed by atoms with Crippen molar-refractivity contribution in [2.75, 3.05) is 18.0 Å². The monoisotopic (exact) mass is 342 g/mol. The quantitative estimate of drug-likeness (QED) is 0.727.